The molecule has 0 heterocycles. The van der Waals surface area contributed by atoms with Gasteiger partial charge in [0.25, 0.3) is 0 Å². The van der Waals surface area contributed by atoms with Crippen LogP contribution in [0.15, 0.2) is 65.6 Å². The number of benzene rings is 2. The Morgan fingerprint density at radius 3 is 1.95 bits per heavy atom. The van der Waals surface area contributed by atoms with E-state index in [0.29, 0.717) is 0 Å². The van der Waals surface area contributed by atoms with Crippen molar-refractivity contribution in [3.05, 3.63) is 60.7 Å². The Labute approximate surface area is 125 Å². The van der Waals surface area contributed by atoms with E-state index in [2.05, 4.69) is 0 Å². The first-order chi connectivity index (χ1) is 9.51. The number of carbonyl (C=O) groups is 1. The summed E-state index contributed by atoms with van der Waals surface area (Å²) in [5, 5.41) is 0. The Morgan fingerprint density at radius 1 is 0.950 bits per heavy atom. The topological polar surface area (TPSA) is 51.2 Å². The first-order valence-corrected chi connectivity index (χ1v) is 9.42. The molecule has 3 nitrogen and oxygen atoms in total. The van der Waals surface area contributed by atoms with Crippen LogP contribution in [0.25, 0.3) is 0 Å². The molecular formula is C15H14O3SSe. The van der Waals surface area contributed by atoms with Gasteiger partial charge in [-0.05, 0) is 0 Å². The Balaban J connectivity index is 2.37. The van der Waals surface area contributed by atoms with Crippen LogP contribution >= 0.6 is 0 Å². The molecule has 0 bridgehead atoms. The molecule has 5 heteroatoms. The van der Waals surface area contributed by atoms with Gasteiger partial charge in [-0.3, -0.25) is 0 Å². The molecule has 0 fully saturated rings. The van der Waals surface area contributed by atoms with E-state index in [9.17, 15) is 13.2 Å². The van der Waals surface area contributed by atoms with Crippen LogP contribution in [0.1, 0.15) is 6.92 Å². The Morgan fingerprint density at radius 2 is 1.45 bits per heavy atom. The molecule has 0 saturated carbocycles. The average Bonchev–Trinajstić information content (AvgIpc) is 2.46. The van der Waals surface area contributed by atoms with Crippen LogP contribution in [-0.2, 0) is 14.6 Å². The SMILES string of the molecule is CC(=O)C([Se]c1ccccc1)S(=O)(=O)c1ccccc1. The first-order valence-electron chi connectivity index (χ1n) is 6.03. The van der Waals surface area contributed by atoms with Crippen molar-refractivity contribution < 1.29 is 13.2 Å². The van der Waals surface area contributed by atoms with Crippen molar-refractivity contribution >= 4 is 35.0 Å². The standard InChI is InChI=1S/C15H14O3SSe/c1-12(16)15(20-14-10-6-3-7-11-14)19(17,18)13-8-4-2-5-9-13/h2-11,15H,1H3. The second-order valence-electron chi connectivity index (χ2n) is 4.23. The monoisotopic (exact) mass is 354 g/mol. The second kappa shape index (κ2) is 6.35. The summed E-state index contributed by atoms with van der Waals surface area (Å²) < 4.78 is 25.1. The summed E-state index contributed by atoms with van der Waals surface area (Å²) >= 11 is -0.443. The molecule has 0 aliphatic rings. The molecule has 0 amide bonds. The minimum absolute atomic E-state index is 0.206. The summed E-state index contributed by atoms with van der Waals surface area (Å²) in [6.07, 6.45) is 0. The van der Waals surface area contributed by atoms with E-state index >= 15 is 0 Å². The fraction of sp³-hybridized carbons (Fsp3) is 0.133. The summed E-state index contributed by atoms with van der Waals surface area (Å²) in [5.41, 5.74) is 0. The maximum atomic E-state index is 12.6. The molecule has 20 heavy (non-hydrogen) atoms. The van der Waals surface area contributed by atoms with E-state index in [1.807, 2.05) is 30.3 Å². The first kappa shape index (κ1) is 15.0. The van der Waals surface area contributed by atoms with Gasteiger partial charge in [0.15, 0.2) is 0 Å². The van der Waals surface area contributed by atoms with Crippen LogP contribution in [0.5, 0.6) is 0 Å². The fourth-order valence-electron chi connectivity index (χ4n) is 1.72. The van der Waals surface area contributed by atoms with Gasteiger partial charge in [-0.25, -0.2) is 0 Å². The molecule has 0 N–H and O–H groups in total. The zero-order chi connectivity index (χ0) is 14.6. The molecule has 0 radical (unpaired) electrons. The number of carbonyl (C=O) groups excluding carboxylic acids is 1. The molecule has 1 unspecified atom stereocenters. The summed E-state index contributed by atoms with van der Waals surface area (Å²) in [5.74, 6) is -0.308. The summed E-state index contributed by atoms with van der Waals surface area (Å²) in [7, 11) is -3.62. The van der Waals surface area contributed by atoms with Crippen molar-refractivity contribution in [3.8, 4) is 0 Å². The molecule has 2 aromatic rings. The van der Waals surface area contributed by atoms with Gasteiger partial charge in [-0.2, -0.15) is 0 Å². The number of rotatable bonds is 5. The Hall–Kier alpha value is -1.42. The predicted octanol–water partition coefficient (Wildman–Crippen LogP) is 1.41. The third-order valence-corrected chi connectivity index (χ3v) is 8.88. The van der Waals surface area contributed by atoms with Crippen LogP contribution in [0.3, 0.4) is 0 Å². The van der Waals surface area contributed by atoms with Gasteiger partial charge in [0, 0.05) is 0 Å². The van der Waals surface area contributed by atoms with Crippen LogP contribution in [0, 0.1) is 0 Å². The van der Waals surface area contributed by atoms with E-state index in [-0.39, 0.29) is 10.7 Å². The molecule has 0 aliphatic heterocycles. The van der Waals surface area contributed by atoms with E-state index in [4.69, 9.17) is 0 Å². The van der Waals surface area contributed by atoms with Crippen LogP contribution in [-0.4, -0.2) is 33.3 Å². The predicted molar refractivity (Wildman–Crippen MR) is 79.9 cm³/mol. The minimum atomic E-state index is -3.62. The molecule has 0 saturated heterocycles. The van der Waals surface area contributed by atoms with Crippen molar-refractivity contribution in [2.24, 2.45) is 0 Å². The molecule has 0 aliphatic carbocycles. The van der Waals surface area contributed by atoms with Crippen molar-refractivity contribution in [2.75, 3.05) is 0 Å². The van der Waals surface area contributed by atoms with Gasteiger partial charge >= 0.3 is 125 Å². The second-order valence-corrected chi connectivity index (χ2v) is 9.41. The quantitative estimate of drug-likeness (QED) is 0.764. The van der Waals surface area contributed by atoms with Crippen molar-refractivity contribution in [1.82, 2.24) is 0 Å². The normalized spacial score (nSPS) is 12.8. The van der Waals surface area contributed by atoms with Crippen molar-refractivity contribution in [2.45, 2.75) is 16.0 Å². The number of sulfone groups is 1. The zero-order valence-corrected chi connectivity index (χ0v) is 13.4. The van der Waals surface area contributed by atoms with Gasteiger partial charge < -0.3 is 0 Å². The van der Waals surface area contributed by atoms with E-state index in [1.54, 1.807) is 18.2 Å². The van der Waals surface area contributed by atoms with E-state index in [0.717, 1.165) is 4.46 Å². The van der Waals surface area contributed by atoms with E-state index in [1.165, 1.54) is 19.1 Å². The van der Waals surface area contributed by atoms with Crippen molar-refractivity contribution in [3.63, 3.8) is 0 Å². The molecule has 0 aromatic heterocycles. The third-order valence-electron chi connectivity index (χ3n) is 2.67. The average molecular weight is 353 g/mol. The van der Waals surface area contributed by atoms with Gasteiger partial charge in [-0.1, -0.05) is 0 Å². The molecule has 0 spiro atoms. The zero-order valence-electron chi connectivity index (χ0n) is 10.9. The molecule has 104 valence electrons. The summed E-state index contributed by atoms with van der Waals surface area (Å²) in [6, 6.07) is 17.4. The van der Waals surface area contributed by atoms with Gasteiger partial charge in [0.05, 0.1) is 0 Å². The number of hydrogen-bond acceptors (Lipinski definition) is 3. The number of ketones is 1. The van der Waals surface area contributed by atoms with Crippen LogP contribution in [0.2, 0.25) is 0 Å². The molecular weight excluding hydrogens is 339 g/mol. The van der Waals surface area contributed by atoms with Crippen LogP contribution in [0.4, 0.5) is 0 Å². The van der Waals surface area contributed by atoms with Gasteiger partial charge in [0.1, 0.15) is 0 Å². The molecule has 2 aromatic carbocycles. The van der Waals surface area contributed by atoms with Gasteiger partial charge in [0.2, 0.25) is 0 Å². The van der Waals surface area contributed by atoms with Crippen LogP contribution < -0.4 is 4.46 Å². The van der Waals surface area contributed by atoms with Gasteiger partial charge in [-0.15, -0.1) is 0 Å². The van der Waals surface area contributed by atoms with E-state index < -0.39 is 28.9 Å². The summed E-state index contributed by atoms with van der Waals surface area (Å²) in [4.78, 5) is 12.0. The third kappa shape index (κ3) is 3.37. The summed E-state index contributed by atoms with van der Waals surface area (Å²) in [6.45, 7) is 1.34. The number of hydrogen-bond donors (Lipinski definition) is 0. The fourth-order valence-corrected chi connectivity index (χ4v) is 6.67. The molecule has 2 rings (SSSR count). The maximum absolute atomic E-state index is 12.6. The number of Topliss-reactive ketones (excluding diaryl/α,β-unsaturated/α-hetero) is 1. The van der Waals surface area contributed by atoms with Crippen molar-refractivity contribution in [1.29, 1.82) is 0 Å². The Kier molecular flexibility index (Phi) is 4.76. The molecule has 1 atom stereocenters. The Bertz CT molecular complexity index is 682.